The van der Waals surface area contributed by atoms with Crippen molar-refractivity contribution >= 4 is 5.91 Å². The molecule has 24 heavy (non-hydrogen) atoms. The Morgan fingerprint density at radius 3 is 3.04 bits per heavy atom. The van der Waals surface area contributed by atoms with Crippen LogP contribution in [0.4, 0.5) is 0 Å². The molecule has 1 fully saturated rings. The Morgan fingerprint density at radius 1 is 1.50 bits per heavy atom. The molecule has 1 atom stereocenters. The van der Waals surface area contributed by atoms with E-state index in [-0.39, 0.29) is 11.9 Å². The fraction of sp³-hybridized carbons (Fsp3) is 0.625. The molecule has 0 aromatic carbocycles. The van der Waals surface area contributed by atoms with Crippen LogP contribution in [0, 0.1) is 6.92 Å². The molecule has 0 spiro atoms. The molecule has 0 radical (unpaired) electrons. The van der Waals surface area contributed by atoms with E-state index in [1.807, 2.05) is 29.6 Å². The molecule has 8 nitrogen and oxygen atoms in total. The zero-order valence-corrected chi connectivity index (χ0v) is 14.5. The van der Waals surface area contributed by atoms with Crippen molar-refractivity contribution in [3.8, 4) is 0 Å². The Balaban J connectivity index is 1.64. The minimum absolute atomic E-state index is 0.0240. The highest BCUT2D eigenvalue weighted by atomic mass is 16.5. The van der Waals surface area contributed by atoms with Gasteiger partial charge in [0.2, 0.25) is 5.89 Å². The summed E-state index contributed by atoms with van der Waals surface area (Å²) in [5, 5.41) is 3.96. The number of aromatic nitrogens is 4. The smallest absolute Gasteiger partial charge is 0.289 e. The lowest BCUT2D eigenvalue weighted by Gasteiger charge is -2.37. The van der Waals surface area contributed by atoms with Gasteiger partial charge in [0.1, 0.15) is 0 Å². The maximum atomic E-state index is 12.7. The number of likely N-dealkylation sites (N-methyl/N-ethyl adjacent to an activating group) is 1. The normalized spacial score (nSPS) is 18.7. The molecule has 1 aliphatic heterocycles. The van der Waals surface area contributed by atoms with Crippen molar-refractivity contribution in [3.63, 3.8) is 0 Å². The first kappa shape index (κ1) is 16.6. The summed E-state index contributed by atoms with van der Waals surface area (Å²) in [6.07, 6.45) is 5.56. The number of hydrogen-bond acceptors (Lipinski definition) is 6. The third kappa shape index (κ3) is 3.48. The Kier molecular flexibility index (Phi) is 4.94. The van der Waals surface area contributed by atoms with E-state index >= 15 is 0 Å². The second-order valence-electron chi connectivity index (χ2n) is 6.21. The van der Waals surface area contributed by atoms with Gasteiger partial charge in [0.15, 0.2) is 11.6 Å². The van der Waals surface area contributed by atoms with Gasteiger partial charge in [-0.15, -0.1) is 0 Å². The largest absolute Gasteiger partial charge is 0.340 e. The second kappa shape index (κ2) is 7.12. The number of piperidine rings is 1. The number of hydrogen-bond donors (Lipinski definition) is 0. The van der Waals surface area contributed by atoms with Crippen LogP contribution in [0.15, 0.2) is 16.9 Å². The summed E-state index contributed by atoms with van der Waals surface area (Å²) in [7, 11) is 1.86. The summed E-state index contributed by atoms with van der Waals surface area (Å²) in [6, 6.07) is 0.168. The first-order valence-electron chi connectivity index (χ1n) is 8.38. The molecular weight excluding hydrogens is 308 g/mol. The number of imidazole rings is 1. The van der Waals surface area contributed by atoms with E-state index in [9.17, 15) is 4.79 Å². The highest BCUT2D eigenvalue weighted by molar-refractivity contribution is 5.90. The maximum absolute atomic E-state index is 12.7. The Labute approximate surface area is 141 Å². The van der Waals surface area contributed by atoms with Gasteiger partial charge in [0, 0.05) is 45.5 Å². The van der Waals surface area contributed by atoms with Crippen molar-refractivity contribution in [1.82, 2.24) is 29.5 Å². The van der Waals surface area contributed by atoms with Crippen LogP contribution in [0.25, 0.3) is 0 Å². The zero-order chi connectivity index (χ0) is 17.1. The molecule has 1 amide bonds. The van der Waals surface area contributed by atoms with Gasteiger partial charge in [-0.25, -0.2) is 4.98 Å². The van der Waals surface area contributed by atoms with Crippen molar-refractivity contribution in [2.45, 2.75) is 45.8 Å². The molecule has 3 heterocycles. The number of amides is 1. The highest BCUT2D eigenvalue weighted by Crippen LogP contribution is 2.18. The number of nitrogens with zero attached hydrogens (tertiary/aromatic N) is 6. The predicted octanol–water partition coefficient (Wildman–Crippen LogP) is 1.33. The van der Waals surface area contributed by atoms with E-state index in [2.05, 4.69) is 20.0 Å². The lowest BCUT2D eigenvalue weighted by Crippen LogP contribution is -2.48. The van der Waals surface area contributed by atoms with Gasteiger partial charge in [0.05, 0.1) is 6.54 Å². The van der Waals surface area contributed by atoms with Crippen molar-refractivity contribution in [2.75, 3.05) is 20.1 Å². The topological polar surface area (TPSA) is 80.3 Å². The number of carbonyl (C=O) groups is 1. The van der Waals surface area contributed by atoms with Crippen LogP contribution in [0.2, 0.25) is 0 Å². The van der Waals surface area contributed by atoms with Crippen LogP contribution in [0.5, 0.6) is 0 Å². The summed E-state index contributed by atoms with van der Waals surface area (Å²) in [4.78, 5) is 25.3. The molecule has 130 valence electrons. The van der Waals surface area contributed by atoms with Crippen molar-refractivity contribution in [2.24, 2.45) is 0 Å². The monoisotopic (exact) mass is 332 g/mol. The van der Waals surface area contributed by atoms with Gasteiger partial charge >= 0.3 is 0 Å². The third-order valence-corrected chi connectivity index (χ3v) is 4.53. The van der Waals surface area contributed by atoms with Crippen LogP contribution < -0.4 is 0 Å². The summed E-state index contributed by atoms with van der Waals surface area (Å²) in [6.45, 7) is 6.98. The average Bonchev–Trinajstić information content (AvgIpc) is 3.22. The van der Waals surface area contributed by atoms with Gasteiger partial charge in [-0.1, -0.05) is 5.16 Å². The Hall–Kier alpha value is -2.22. The Morgan fingerprint density at radius 2 is 2.33 bits per heavy atom. The summed E-state index contributed by atoms with van der Waals surface area (Å²) >= 11 is 0. The molecule has 0 N–H and O–H groups in total. The van der Waals surface area contributed by atoms with Crippen molar-refractivity contribution in [1.29, 1.82) is 0 Å². The van der Waals surface area contributed by atoms with E-state index in [0.717, 1.165) is 32.5 Å². The van der Waals surface area contributed by atoms with Crippen LogP contribution in [0.1, 0.15) is 42.1 Å². The molecule has 8 heteroatoms. The third-order valence-electron chi connectivity index (χ3n) is 4.53. The van der Waals surface area contributed by atoms with E-state index in [1.54, 1.807) is 13.1 Å². The summed E-state index contributed by atoms with van der Waals surface area (Å²) < 4.78 is 6.91. The van der Waals surface area contributed by atoms with Gasteiger partial charge < -0.3 is 14.0 Å². The predicted molar refractivity (Wildman–Crippen MR) is 87.3 cm³/mol. The quantitative estimate of drug-likeness (QED) is 0.822. The van der Waals surface area contributed by atoms with Crippen LogP contribution in [-0.4, -0.2) is 61.6 Å². The van der Waals surface area contributed by atoms with E-state index in [4.69, 9.17) is 4.52 Å². The van der Waals surface area contributed by atoms with Crippen LogP contribution in [-0.2, 0) is 13.1 Å². The lowest BCUT2D eigenvalue weighted by atomic mass is 10.0. The van der Waals surface area contributed by atoms with Gasteiger partial charge in [-0.3, -0.25) is 9.69 Å². The first-order valence-corrected chi connectivity index (χ1v) is 8.38. The molecule has 1 saturated heterocycles. The van der Waals surface area contributed by atoms with Crippen LogP contribution >= 0.6 is 0 Å². The summed E-state index contributed by atoms with van der Waals surface area (Å²) in [5.74, 6) is 1.76. The number of likely N-dealkylation sites (tertiary alicyclic amines) is 1. The molecule has 0 saturated carbocycles. The van der Waals surface area contributed by atoms with Crippen molar-refractivity contribution in [3.05, 3.63) is 29.9 Å². The minimum atomic E-state index is -0.0240. The first-order chi connectivity index (χ1) is 11.6. The van der Waals surface area contributed by atoms with E-state index in [0.29, 0.717) is 24.1 Å². The molecule has 3 rings (SSSR count). The lowest BCUT2D eigenvalue weighted by molar-refractivity contribution is 0.0589. The highest BCUT2D eigenvalue weighted by Gasteiger charge is 2.29. The van der Waals surface area contributed by atoms with Gasteiger partial charge in [0.25, 0.3) is 5.91 Å². The van der Waals surface area contributed by atoms with Crippen LogP contribution in [0.3, 0.4) is 0 Å². The van der Waals surface area contributed by atoms with E-state index < -0.39 is 0 Å². The number of rotatable bonds is 5. The standard InChI is InChI=1S/C16H24N6O2/c1-4-22-9-7-17-15(22)16(23)20(3)13-6-5-8-21(10-13)11-14-18-12(2)24-19-14/h7,9,13H,4-6,8,10-11H2,1-3H3. The van der Waals surface area contributed by atoms with Gasteiger partial charge in [-0.05, 0) is 26.3 Å². The maximum Gasteiger partial charge on any atom is 0.289 e. The number of aryl methyl sites for hydroxylation is 2. The van der Waals surface area contributed by atoms with E-state index in [1.165, 1.54) is 0 Å². The molecule has 2 aromatic rings. The number of carbonyl (C=O) groups excluding carboxylic acids is 1. The minimum Gasteiger partial charge on any atom is -0.340 e. The second-order valence-corrected chi connectivity index (χ2v) is 6.21. The van der Waals surface area contributed by atoms with Crippen molar-refractivity contribution < 1.29 is 9.32 Å². The Bertz CT molecular complexity index is 694. The fourth-order valence-electron chi connectivity index (χ4n) is 3.18. The fourth-order valence-corrected chi connectivity index (χ4v) is 3.18. The molecule has 0 aliphatic carbocycles. The molecular formula is C16H24N6O2. The molecule has 2 aromatic heterocycles. The zero-order valence-electron chi connectivity index (χ0n) is 14.5. The molecule has 1 unspecified atom stereocenters. The SMILES string of the molecule is CCn1ccnc1C(=O)N(C)C1CCCN(Cc2noc(C)n2)C1. The molecule has 0 bridgehead atoms. The summed E-state index contributed by atoms with van der Waals surface area (Å²) in [5.41, 5.74) is 0. The van der Waals surface area contributed by atoms with Gasteiger partial charge in [-0.2, -0.15) is 4.98 Å². The molecule has 1 aliphatic rings. The average molecular weight is 332 g/mol.